The summed E-state index contributed by atoms with van der Waals surface area (Å²) in [5.74, 6) is -0.386. The zero-order valence-electron chi connectivity index (χ0n) is 9.51. The summed E-state index contributed by atoms with van der Waals surface area (Å²) < 4.78 is 19.1. The van der Waals surface area contributed by atoms with Crippen molar-refractivity contribution < 1.29 is 9.13 Å². The lowest BCUT2D eigenvalue weighted by Crippen LogP contribution is -2.19. The zero-order valence-corrected chi connectivity index (χ0v) is 10.3. The maximum atomic E-state index is 13.6. The van der Waals surface area contributed by atoms with Gasteiger partial charge < -0.3 is 10.5 Å². The Morgan fingerprint density at radius 1 is 1.39 bits per heavy atom. The fraction of sp³-hybridized carbons (Fsp3) is 0.154. The highest BCUT2D eigenvalue weighted by Crippen LogP contribution is 2.25. The molecule has 1 unspecified atom stereocenters. The fourth-order valence-corrected chi connectivity index (χ4v) is 1.70. The van der Waals surface area contributed by atoms with Crippen molar-refractivity contribution in [2.75, 3.05) is 6.54 Å². The average Bonchev–Trinajstić information content (AvgIpc) is 2.39. The van der Waals surface area contributed by atoms with Crippen LogP contribution in [0, 0.1) is 5.82 Å². The highest BCUT2D eigenvalue weighted by atomic mass is 35.5. The predicted octanol–water partition coefficient (Wildman–Crippen LogP) is 2.95. The quantitative estimate of drug-likeness (QED) is 0.926. The lowest BCUT2D eigenvalue weighted by atomic mass is 10.1. The maximum absolute atomic E-state index is 13.6. The number of benzene rings is 1. The molecule has 0 amide bonds. The van der Waals surface area contributed by atoms with E-state index in [2.05, 4.69) is 4.98 Å². The lowest BCUT2D eigenvalue weighted by molar-refractivity contribution is 0.204. The van der Waals surface area contributed by atoms with Gasteiger partial charge in [-0.3, -0.25) is 4.98 Å². The van der Waals surface area contributed by atoms with Crippen molar-refractivity contribution in [3.05, 3.63) is 59.1 Å². The van der Waals surface area contributed by atoms with Crippen molar-refractivity contribution in [3.63, 3.8) is 0 Å². The minimum Gasteiger partial charge on any atom is -0.481 e. The maximum Gasteiger partial charge on any atom is 0.166 e. The molecule has 1 heterocycles. The molecule has 0 aliphatic heterocycles. The van der Waals surface area contributed by atoms with Crippen LogP contribution >= 0.6 is 11.6 Å². The number of hydrogen-bond acceptors (Lipinski definition) is 3. The molecule has 1 aromatic carbocycles. The third-order valence-corrected chi connectivity index (χ3v) is 2.67. The molecule has 0 bridgehead atoms. The molecular formula is C13H12ClFN2O. The normalized spacial score (nSPS) is 12.2. The highest BCUT2D eigenvalue weighted by molar-refractivity contribution is 6.30. The van der Waals surface area contributed by atoms with Gasteiger partial charge in [-0.1, -0.05) is 17.7 Å². The van der Waals surface area contributed by atoms with Gasteiger partial charge in [-0.15, -0.1) is 0 Å². The summed E-state index contributed by atoms with van der Waals surface area (Å²) in [6.07, 6.45) is 2.86. The average molecular weight is 267 g/mol. The van der Waals surface area contributed by atoms with E-state index < -0.39 is 11.9 Å². The first-order valence-corrected chi connectivity index (χ1v) is 5.80. The zero-order chi connectivity index (χ0) is 13.0. The number of nitrogens with two attached hydrogens (primary N) is 1. The number of pyridine rings is 1. The molecule has 3 nitrogen and oxygen atoms in total. The Balaban J connectivity index is 2.21. The number of ether oxygens (including phenoxy) is 1. The molecule has 1 atom stereocenters. The van der Waals surface area contributed by atoms with Crippen LogP contribution in [0.25, 0.3) is 0 Å². The van der Waals surface area contributed by atoms with E-state index in [0.29, 0.717) is 5.02 Å². The molecule has 94 valence electrons. The van der Waals surface area contributed by atoms with Crippen LogP contribution in [0.1, 0.15) is 11.7 Å². The Morgan fingerprint density at radius 2 is 2.22 bits per heavy atom. The number of rotatable bonds is 4. The smallest absolute Gasteiger partial charge is 0.166 e. The number of halogens is 2. The van der Waals surface area contributed by atoms with Crippen LogP contribution in [0.5, 0.6) is 5.75 Å². The van der Waals surface area contributed by atoms with Crippen molar-refractivity contribution in [2.45, 2.75) is 6.10 Å². The number of hydrogen-bond donors (Lipinski definition) is 1. The topological polar surface area (TPSA) is 48.1 Å². The van der Waals surface area contributed by atoms with Crippen molar-refractivity contribution in [2.24, 2.45) is 5.73 Å². The highest BCUT2D eigenvalue weighted by Gasteiger charge is 2.14. The molecule has 5 heteroatoms. The predicted molar refractivity (Wildman–Crippen MR) is 68.1 cm³/mol. The molecule has 18 heavy (non-hydrogen) atoms. The standard InChI is InChI=1S/C13H12ClFN2O/c14-10-3-4-12(11(15)6-10)18-13(7-16)9-2-1-5-17-8-9/h1-6,8,13H,7,16H2. The Hall–Kier alpha value is -1.65. The molecular weight excluding hydrogens is 255 g/mol. The number of nitrogens with zero attached hydrogens (tertiary/aromatic N) is 1. The van der Waals surface area contributed by atoms with Gasteiger partial charge in [-0.05, 0) is 24.3 Å². The van der Waals surface area contributed by atoms with Crippen LogP contribution in [0.3, 0.4) is 0 Å². The first kappa shape index (κ1) is 12.8. The summed E-state index contributed by atoms with van der Waals surface area (Å²) in [7, 11) is 0. The van der Waals surface area contributed by atoms with E-state index in [9.17, 15) is 4.39 Å². The Morgan fingerprint density at radius 3 is 2.83 bits per heavy atom. The second-order valence-corrected chi connectivity index (χ2v) is 4.14. The van der Waals surface area contributed by atoms with Gasteiger partial charge in [0.05, 0.1) is 0 Å². The SMILES string of the molecule is NCC(Oc1ccc(Cl)cc1F)c1cccnc1. The third kappa shape index (κ3) is 2.97. The van der Waals surface area contributed by atoms with Crippen molar-refractivity contribution >= 4 is 11.6 Å². The van der Waals surface area contributed by atoms with E-state index in [1.165, 1.54) is 12.1 Å². The molecule has 0 aliphatic rings. The molecule has 2 rings (SSSR count). The lowest BCUT2D eigenvalue weighted by Gasteiger charge is -2.17. The van der Waals surface area contributed by atoms with Crippen LogP contribution in [0.2, 0.25) is 5.02 Å². The van der Waals surface area contributed by atoms with E-state index in [1.54, 1.807) is 24.5 Å². The molecule has 2 aromatic rings. The van der Waals surface area contributed by atoms with E-state index in [4.69, 9.17) is 22.1 Å². The Labute approximate surface area is 109 Å². The van der Waals surface area contributed by atoms with Gasteiger partial charge in [0.2, 0.25) is 0 Å². The van der Waals surface area contributed by atoms with Gasteiger partial charge in [-0.25, -0.2) is 4.39 Å². The monoisotopic (exact) mass is 266 g/mol. The molecule has 2 N–H and O–H groups in total. The summed E-state index contributed by atoms with van der Waals surface area (Å²) in [4.78, 5) is 3.98. The van der Waals surface area contributed by atoms with Gasteiger partial charge in [0.15, 0.2) is 11.6 Å². The summed E-state index contributed by atoms with van der Waals surface area (Å²) >= 11 is 5.67. The minimum atomic E-state index is -0.509. The van der Waals surface area contributed by atoms with E-state index in [-0.39, 0.29) is 12.3 Å². The molecule has 0 spiro atoms. The molecule has 0 saturated heterocycles. The largest absolute Gasteiger partial charge is 0.481 e. The minimum absolute atomic E-state index is 0.124. The summed E-state index contributed by atoms with van der Waals surface area (Å²) in [6.45, 7) is 0.230. The molecule has 0 aliphatic carbocycles. The van der Waals surface area contributed by atoms with Crippen molar-refractivity contribution in [1.29, 1.82) is 0 Å². The second kappa shape index (κ2) is 5.80. The number of aromatic nitrogens is 1. The van der Waals surface area contributed by atoms with Gasteiger partial charge in [0.25, 0.3) is 0 Å². The van der Waals surface area contributed by atoms with Gasteiger partial charge >= 0.3 is 0 Å². The molecule has 0 radical (unpaired) electrons. The van der Waals surface area contributed by atoms with Crippen molar-refractivity contribution in [3.8, 4) is 5.75 Å². The van der Waals surface area contributed by atoms with E-state index in [1.807, 2.05) is 6.07 Å². The van der Waals surface area contributed by atoms with Gasteiger partial charge in [-0.2, -0.15) is 0 Å². The van der Waals surface area contributed by atoms with Gasteiger partial charge in [0, 0.05) is 29.5 Å². The fourth-order valence-electron chi connectivity index (χ4n) is 1.54. The summed E-state index contributed by atoms with van der Waals surface area (Å²) in [5, 5.41) is 0.325. The van der Waals surface area contributed by atoms with E-state index >= 15 is 0 Å². The molecule has 0 saturated carbocycles. The Bertz CT molecular complexity index is 522. The van der Waals surface area contributed by atoms with Crippen molar-refractivity contribution in [1.82, 2.24) is 4.98 Å². The van der Waals surface area contributed by atoms with Crippen LogP contribution in [0.15, 0.2) is 42.7 Å². The summed E-state index contributed by atoms with van der Waals surface area (Å²) in [5.41, 5.74) is 6.43. The summed E-state index contributed by atoms with van der Waals surface area (Å²) in [6, 6.07) is 7.86. The van der Waals surface area contributed by atoms with Crippen LogP contribution in [-0.4, -0.2) is 11.5 Å². The van der Waals surface area contributed by atoms with E-state index in [0.717, 1.165) is 5.56 Å². The van der Waals surface area contributed by atoms with Crippen LogP contribution in [0.4, 0.5) is 4.39 Å². The first-order chi connectivity index (χ1) is 8.70. The second-order valence-electron chi connectivity index (χ2n) is 3.70. The third-order valence-electron chi connectivity index (χ3n) is 2.43. The first-order valence-electron chi connectivity index (χ1n) is 5.42. The Kier molecular flexibility index (Phi) is 4.12. The van der Waals surface area contributed by atoms with Crippen LogP contribution < -0.4 is 10.5 Å². The molecule has 1 aromatic heterocycles. The van der Waals surface area contributed by atoms with Crippen LogP contribution in [-0.2, 0) is 0 Å². The van der Waals surface area contributed by atoms with Gasteiger partial charge in [0.1, 0.15) is 6.10 Å². The molecule has 0 fully saturated rings.